The molecule has 0 fully saturated rings. The Morgan fingerprint density at radius 3 is 2.17 bits per heavy atom. The molecule has 1 N–H and O–H groups in total. The van der Waals surface area contributed by atoms with Crippen molar-refractivity contribution in [1.82, 2.24) is 9.62 Å². The minimum atomic E-state index is -3.55. The molecule has 7 nitrogen and oxygen atoms in total. The van der Waals surface area contributed by atoms with Gasteiger partial charge >= 0.3 is 5.97 Å². The zero-order valence-corrected chi connectivity index (χ0v) is 15.4. The summed E-state index contributed by atoms with van der Waals surface area (Å²) in [6.45, 7) is 3.75. The van der Waals surface area contributed by atoms with Gasteiger partial charge in [0.1, 0.15) is 6.04 Å². The maximum Gasteiger partial charge on any atom is 0.328 e. The van der Waals surface area contributed by atoms with Gasteiger partial charge in [-0.2, -0.15) is 0 Å². The summed E-state index contributed by atoms with van der Waals surface area (Å²) in [5, 5.41) is 2.64. The molecule has 0 aromatic heterocycles. The molecule has 0 aliphatic heterocycles. The fraction of sp³-hybridized carbons (Fsp3) is 0.500. The Morgan fingerprint density at radius 1 is 1.21 bits per heavy atom. The first-order valence-corrected chi connectivity index (χ1v) is 9.00. The number of benzene rings is 1. The molecule has 0 bridgehead atoms. The van der Waals surface area contributed by atoms with E-state index < -0.39 is 27.9 Å². The molecule has 0 saturated carbocycles. The third kappa shape index (κ3) is 4.55. The third-order valence-corrected chi connectivity index (χ3v) is 5.68. The topological polar surface area (TPSA) is 92.8 Å². The lowest BCUT2D eigenvalue weighted by atomic mass is 9.99. The largest absolute Gasteiger partial charge is 0.467 e. The molecule has 0 spiro atoms. The molecular formula is C16H24N2O5S. The summed E-state index contributed by atoms with van der Waals surface area (Å²) in [5.41, 5.74) is 0.268. The number of hydrogen-bond donors (Lipinski definition) is 1. The minimum absolute atomic E-state index is 0.0882. The molecule has 1 amide bonds. The SMILES string of the molecule is CC[C@H](C)[C@H](NC(=O)c1ccc(S(=O)(=O)N(C)C)cc1)C(=O)OC. The number of hydrogen-bond acceptors (Lipinski definition) is 5. The molecule has 0 radical (unpaired) electrons. The first-order chi connectivity index (χ1) is 11.1. The van der Waals surface area contributed by atoms with Gasteiger partial charge in [-0.25, -0.2) is 17.5 Å². The Kier molecular flexibility index (Phi) is 6.92. The van der Waals surface area contributed by atoms with Crippen LogP contribution >= 0.6 is 0 Å². The van der Waals surface area contributed by atoms with E-state index in [9.17, 15) is 18.0 Å². The quantitative estimate of drug-likeness (QED) is 0.742. The van der Waals surface area contributed by atoms with Crippen molar-refractivity contribution in [2.75, 3.05) is 21.2 Å². The van der Waals surface area contributed by atoms with E-state index in [1.807, 2.05) is 13.8 Å². The van der Waals surface area contributed by atoms with Crippen molar-refractivity contribution in [3.63, 3.8) is 0 Å². The molecular weight excluding hydrogens is 332 g/mol. The Balaban J connectivity index is 2.98. The number of methoxy groups -OCH3 is 1. The molecule has 8 heteroatoms. The monoisotopic (exact) mass is 356 g/mol. The molecule has 0 aliphatic carbocycles. The first kappa shape index (κ1) is 20.1. The Labute approximate surface area is 143 Å². The summed E-state index contributed by atoms with van der Waals surface area (Å²) in [6, 6.07) is 4.80. The van der Waals surface area contributed by atoms with Crippen LogP contribution in [0.4, 0.5) is 0 Å². The molecule has 2 atom stereocenters. The molecule has 134 valence electrons. The fourth-order valence-electron chi connectivity index (χ4n) is 2.01. The number of esters is 1. The van der Waals surface area contributed by atoms with Gasteiger partial charge in [-0.1, -0.05) is 20.3 Å². The van der Waals surface area contributed by atoms with Crippen LogP contribution in [0.15, 0.2) is 29.2 Å². The van der Waals surface area contributed by atoms with E-state index in [0.717, 1.165) is 4.31 Å². The lowest BCUT2D eigenvalue weighted by Crippen LogP contribution is -2.45. The summed E-state index contributed by atoms with van der Waals surface area (Å²) >= 11 is 0. The second kappa shape index (κ2) is 8.25. The highest BCUT2D eigenvalue weighted by atomic mass is 32.2. The van der Waals surface area contributed by atoms with Gasteiger partial charge in [0.2, 0.25) is 10.0 Å². The van der Waals surface area contributed by atoms with E-state index >= 15 is 0 Å². The van der Waals surface area contributed by atoms with Crippen LogP contribution in [-0.2, 0) is 19.6 Å². The van der Waals surface area contributed by atoms with Crippen LogP contribution in [-0.4, -0.2) is 51.8 Å². The van der Waals surface area contributed by atoms with Gasteiger partial charge in [0.05, 0.1) is 12.0 Å². The van der Waals surface area contributed by atoms with Crippen molar-refractivity contribution < 1.29 is 22.7 Å². The van der Waals surface area contributed by atoms with Crippen molar-refractivity contribution in [2.45, 2.75) is 31.2 Å². The van der Waals surface area contributed by atoms with Gasteiger partial charge in [0.25, 0.3) is 5.91 Å². The second-order valence-corrected chi connectivity index (χ2v) is 7.82. The standard InChI is InChI=1S/C16H24N2O5S/c1-6-11(2)14(16(20)23-5)17-15(19)12-7-9-13(10-8-12)24(21,22)18(3)4/h7-11,14H,6H2,1-5H3,(H,17,19)/t11-,14-/m0/s1. The van der Waals surface area contributed by atoms with Crippen molar-refractivity contribution in [3.8, 4) is 0 Å². The average molecular weight is 356 g/mol. The predicted molar refractivity (Wildman–Crippen MR) is 90.0 cm³/mol. The summed E-state index contributed by atoms with van der Waals surface area (Å²) in [5.74, 6) is -1.06. The van der Waals surface area contributed by atoms with E-state index in [4.69, 9.17) is 4.74 Å². The van der Waals surface area contributed by atoms with Gasteiger partial charge in [-0.05, 0) is 30.2 Å². The van der Waals surface area contributed by atoms with Gasteiger partial charge in [0, 0.05) is 19.7 Å². The highest BCUT2D eigenvalue weighted by Gasteiger charge is 2.27. The van der Waals surface area contributed by atoms with Gasteiger partial charge in [-0.3, -0.25) is 4.79 Å². The number of ether oxygens (including phenoxy) is 1. The molecule has 0 aliphatic rings. The minimum Gasteiger partial charge on any atom is -0.467 e. The molecule has 1 aromatic rings. The number of amides is 1. The van der Waals surface area contributed by atoms with Crippen LogP contribution in [0.1, 0.15) is 30.6 Å². The molecule has 0 saturated heterocycles. The number of carbonyl (C=O) groups excluding carboxylic acids is 2. The Hall–Kier alpha value is -1.93. The normalized spacial score (nSPS) is 14.1. The van der Waals surface area contributed by atoms with Gasteiger partial charge in [0.15, 0.2) is 0 Å². The van der Waals surface area contributed by atoms with E-state index in [1.165, 1.54) is 45.5 Å². The lowest BCUT2D eigenvalue weighted by molar-refractivity contribution is -0.144. The number of nitrogens with zero attached hydrogens (tertiary/aromatic N) is 1. The van der Waals surface area contributed by atoms with E-state index in [1.54, 1.807) is 0 Å². The third-order valence-electron chi connectivity index (χ3n) is 3.85. The number of rotatable bonds is 7. The highest BCUT2D eigenvalue weighted by molar-refractivity contribution is 7.89. The van der Waals surface area contributed by atoms with E-state index in [0.29, 0.717) is 6.42 Å². The molecule has 0 unspecified atom stereocenters. The van der Waals surface area contributed by atoms with Gasteiger partial charge < -0.3 is 10.1 Å². The number of carbonyl (C=O) groups is 2. The maximum absolute atomic E-state index is 12.3. The summed E-state index contributed by atoms with van der Waals surface area (Å²) in [6.07, 6.45) is 0.695. The highest BCUT2D eigenvalue weighted by Crippen LogP contribution is 2.15. The van der Waals surface area contributed by atoms with E-state index in [-0.39, 0.29) is 16.4 Å². The van der Waals surface area contributed by atoms with Crippen molar-refractivity contribution in [3.05, 3.63) is 29.8 Å². The fourth-order valence-corrected chi connectivity index (χ4v) is 2.91. The second-order valence-electron chi connectivity index (χ2n) is 5.67. The van der Waals surface area contributed by atoms with Crippen LogP contribution in [0.25, 0.3) is 0 Å². The molecule has 0 heterocycles. The van der Waals surface area contributed by atoms with Crippen molar-refractivity contribution in [2.24, 2.45) is 5.92 Å². The first-order valence-electron chi connectivity index (χ1n) is 7.56. The number of nitrogens with one attached hydrogen (secondary N) is 1. The smallest absolute Gasteiger partial charge is 0.328 e. The lowest BCUT2D eigenvalue weighted by Gasteiger charge is -2.21. The van der Waals surface area contributed by atoms with Crippen molar-refractivity contribution >= 4 is 21.9 Å². The van der Waals surface area contributed by atoms with Crippen LogP contribution in [0, 0.1) is 5.92 Å². The average Bonchev–Trinajstić information content (AvgIpc) is 2.57. The van der Waals surface area contributed by atoms with Crippen LogP contribution in [0.3, 0.4) is 0 Å². The summed E-state index contributed by atoms with van der Waals surface area (Å²) in [7, 11) is 0.586. The Morgan fingerprint density at radius 2 is 1.75 bits per heavy atom. The predicted octanol–water partition coefficient (Wildman–Crippen LogP) is 1.25. The summed E-state index contributed by atoms with van der Waals surface area (Å²) in [4.78, 5) is 24.2. The van der Waals surface area contributed by atoms with Crippen LogP contribution in [0.2, 0.25) is 0 Å². The van der Waals surface area contributed by atoms with Gasteiger partial charge in [-0.15, -0.1) is 0 Å². The maximum atomic E-state index is 12.3. The summed E-state index contributed by atoms with van der Waals surface area (Å²) < 4.78 is 29.8. The van der Waals surface area contributed by atoms with Crippen LogP contribution in [0.5, 0.6) is 0 Å². The van der Waals surface area contributed by atoms with Crippen LogP contribution < -0.4 is 5.32 Å². The molecule has 1 aromatic carbocycles. The van der Waals surface area contributed by atoms with E-state index in [2.05, 4.69) is 5.32 Å². The molecule has 24 heavy (non-hydrogen) atoms. The Bertz CT molecular complexity index is 683. The zero-order chi connectivity index (χ0) is 18.5. The zero-order valence-electron chi connectivity index (χ0n) is 14.6. The molecule has 1 rings (SSSR count). The van der Waals surface area contributed by atoms with Crippen molar-refractivity contribution in [1.29, 1.82) is 0 Å². The number of sulfonamides is 1.